The van der Waals surface area contributed by atoms with E-state index in [4.69, 9.17) is 4.74 Å². The van der Waals surface area contributed by atoms with E-state index in [1.165, 1.54) is 18.2 Å². The molecule has 2 rings (SSSR count). The van der Waals surface area contributed by atoms with Gasteiger partial charge in [0.25, 0.3) is 0 Å². The van der Waals surface area contributed by atoms with Gasteiger partial charge in [0.2, 0.25) is 5.91 Å². The van der Waals surface area contributed by atoms with E-state index in [0.29, 0.717) is 18.0 Å². The number of halogens is 3. The second-order valence-corrected chi connectivity index (χ2v) is 5.33. The molecule has 0 aliphatic carbocycles. The van der Waals surface area contributed by atoms with Crippen molar-refractivity contribution >= 4 is 17.3 Å². The number of carbonyl (C=O) groups is 1. The summed E-state index contributed by atoms with van der Waals surface area (Å²) in [6.45, 7) is 3.85. The number of ether oxygens (including phenoxy) is 1. The summed E-state index contributed by atoms with van der Waals surface area (Å²) in [5, 5.41) is 5.28. The molecule has 0 fully saturated rings. The predicted molar refractivity (Wildman–Crippen MR) is 90.8 cm³/mol. The van der Waals surface area contributed by atoms with Gasteiger partial charge in [0, 0.05) is 0 Å². The smallest absolute Gasteiger partial charge is 0.418 e. The Morgan fingerprint density at radius 1 is 1.08 bits per heavy atom. The third-order valence-corrected chi connectivity index (χ3v) is 3.44. The lowest BCUT2D eigenvalue weighted by Gasteiger charge is -2.19. The van der Waals surface area contributed by atoms with E-state index >= 15 is 0 Å². The topological polar surface area (TPSA) is 50.4 Å². The van der Waals surface area contributed by atoms with E-state index in [-0.39, 0.29) is 5.69 Å². The molecular weight excluding hydrogens is 333 g/mol. The largest absolute Gasteiger partial charge is 0.492 e. The summed E-state index contributed by atoms with van der Waals surface area (Å²) in [5.41, 5.74) is -0.562. The molecule has 0 radical (unpaired) electrons. The van der Waals surface area contributed by atoms with Gasteiger partial charge in [0.15, 0.2) is 0 Å². The zero-order valence-electron chi connectivity index (χ0n) is 13.9. The average Bonchev–Trinajstić information content (AvgIpc) is 2.56. The second-order valence-electron chi connectivity index (χ2n) is 5.33. The number of hydrogen-bond acceptors (Lipinski definition) is 3. The van der Waals surface area contributed by atoms with Gasteiger partial charge >= 0.3 is 6.18 Å². The van der Waals surface area contributed by atoms with E-state index in [2.05, 4.69) is 10.6 Å². The third kappa shape index (κ3) is 4.89. The molecule has 25 heavy (non-hydrogen) atoms. The van der Waals surface area contributed by atoms with Gasteiger partial charge in [0.1, 0.15) is 11.8 Å². The third-order valence-electron chi connectivity index (χ3n) is 3.44. The van der Waals surface area contributed by atoms with Crippen molar-refractivity contribution in [1.82, 2.24) is 0 Å². The maximum atomic E-state index is 13.0. The Balaban J connectivity index is 2.12. The first-order valence-corrected chi connectivity index (χ1v) is 7.78. The number of nitrogens with one attached hydrogen (secondary N) is 2. The fraction of sp³-hybridized carbons (Fsp3) is 0.278. The van der Waals surface area contributed by atoms with Crippen LogP contribution in [0.15, 0.2) is 48.5 Å². The summed E-state index contributed by atoms with van der Waals surface area (Å²) in [6.07, 6.45) is -4.54. The molecule has 0 spiro atoms. The summed E-state index contributed by atoms with van der Waals surface area (Å²) >= 11 is 0. The first-order valence-electron chi connectivity index (χ1n) is 7.78. The highest BCUT2D eigenvalue weighted by Gasteiger charge is 2.33. The maximum absolute atomic E-state index is 13.0. The van der Waals surface area contributed by atoms with Gasteiger partial charge in [-0.1, -0.05) is 24.3 Å². The molecule has 0 aliphatic rings. The number of para-hydroxylation sites is 3. The lowest BCUT2D eigenvalue weighted by Crippen LogP contribution is -2.32. The van der Waals surface area contributed by atoms with Crippen LogP contribution < -0.4 is 15.4 Å². The number of amides is 1. The Morgan fingerprint density at radius 3 is 2.32 bits per heavy atom. The van der Waals surface area contributed by atoms with Gasteiger partial charge in [-0.3, -0.25) is 4.79 Å². The Bertz CT molecular complexity index is 732. The number of alkyl halides is 3. The minimum Gasteiger partial charge on any atom is -0.492 e. The van der Waals surface area contributed by atoms with Crippen LogP contribution in [0, 0.1) is 0 Å². The van der Waals surface area contributed by atoms with E-state index < -0.39 is 23.7 Å². The molecule has 2 aromatic carbocycles. The molecule has 2 aromatic rings. The molecule has 0 unspecified atom stereocenters. The van der Waals surface area contributed by atoms with Gasteiger partial charge in [-0.05, 0) is 38.1 Å². The van der Waals surface area contributed by atoms with Crippen molar-refractivity contribution in [3.8, 4) is 5.75 Å². The van der Waals surface area contributed by atoms with Gasteiger partial charge in [-0.15, -0.1) is 0 Å². The van der Waals surface area contributed by atoms with Crippen LogP contribution in [-0.2, 0) is 11.0 Å². The molecular formula is C18H19F3N2O2. The molecule has 0 aliphatic heterocycles. The Kier molecular flexibility index (Phi) is 5.90. The van der Waals surface area contributed by atoms with E-state index in [9.17, 15) is 18.0 Å². The minimum atomic E-state index is -4.54. The Hall–Kier alpha value is -2.70. The molecule has 0 heterocycles. The van der Waals surface area contributed by atoms with Crippen LogP contribution in [0.5, 0.6) is 5.75 Å². The first-order chi connectivity index (χ1) is 11.8. The summed E-state index contributed by atoms with van der Waals surface area (Å²) in [5.74, 6) is -0.0108. The van der Waals surface area contributed by atoms with E-state index in [1.807, 2.05) is 6.92 Å². The number of carbonyl (C=O) groups excluding carboxylic acids is 1. The minimum absolute atomic E-state index is 0.272. The van der Waals surface area contributed by atoms with Crippen molar-refractivity contribution in [2.24, 2.45) is 0 Å². The van der Waals surface area contributed by atoms with E-state index in [1.54, 1.807) is 31.2 Å². The molecule has 0 saturated carbocycles. The van der Waals surface area contributed by atoms with Crippen molar-refractivity contribution in [2.45, 2.75) is 26.1 Å². The number of hydrogen-bond donors (Lipinski definition) is 2. The second kappa shape index (κ2) is 7.92. The van der Waals surface area contributed by atoms with Gasteiger partial charge in [-0.25, -0.2) is 0 Å². The van der Waals surface area contributed by atoms with Crippen LogP contribution in [0.4, 0.5) is 24.5 Å². The number of anilines is 2. The lowest BCUT2D eigenvalue weighted by molar-refractivity contribution is -0.137. The standard InChI is InChI=1S/C18H19F3N2O2/c1-3-25-16-11-7-6-10-15(16)22-12(2)17(24)23-14-9-5-4-8-13(14)18(19,20)21/h4-12,22H,3H2,1-2H3,(H,23,24)/t12-/m1/s1. The van der Waals surface area contributed by atoms with Crippen molar-refractivity contribution in [3.63, 3.8) is 0 Å². The molecule has 4 nitrogen and oxygen atoms in total. The molecule has 0 aromatic heterocycles. The normalized spacial score (nSPS) is 12.4. The van der Waals surface area contributed by atoms with Crippen LogP contribution in [0.2, 0.25) is 0 Å². The summed E-state index contributed by atoms with van der Waals surface area (Å²) in [7, 11) is 0. The van der Waals surface area contributed by atoms with Crippen LogP contribution in [0.1, 0.15) is 19.4 Å². The first kappa shape index (κ1) is 18.6. The SMILES string of the molecule is CCOc1ccccc1N[C@H](C)C(=O)Nc1ccccc1C(F)(F)F. The maximum Gasteiger partial charge on any atom is 0.418 e. The van der Waals surface area contributed by atoms with Gasteiger partial charge in [0.05, 0.1) is 23.5 Å². The molecule has 0 saturated heterocycles. The highest BCUT2D eigenvalue weighted by atomic mass is 19.4. The van der Waals surface area contributed by atoms with Crippen molar-refractivity contribution in [3.05, 3.63) is 54.1 Å². The summed E-state index contributed by atoms with van der Waals surface area (Å²) in [4.78, 5) is 12.3. The Labute approximate surface area is 144 Å². The number of benzene rings is 2. The lowest BCUT2D eigenvalue weighted by atomic mass is 10.1. The fourth-order valence-corrected chi connectivity index (χ4v) is 2.25. The van der Waals surface area contributed by atoms with Crippen molar-refractivity contribution in [2.75, 3.05) is 17.2 Å². The molecule has 0 bridgehead atoms. The van der Waals surface area contributed by atoms with Crippen molar-refractivity contribution in [1.29, 1.82) is 0 Å². The quantitative estimate of drug-likeness (QED) is 0.802. The average molecular weight is 352 g/mol. The zero-order valence-corrected chi connectivity index (χ0v) is 13.9. The van der Waals surface area contributed by atoms with Crippen LogP contribution >= 0.6 is 0 Å². The van der Waals surface area contributed by atoms with Crippen LogP contribution in [-0.4, -0.2) is 18.6 Å². The van der Waals surface area contributed by atoms with E-state index in [0.717, 1.165) is 6.07 Å². The number of rotatable bonds is 6. The van der Waals surface area contributed by atoms with Crippen LogP contribution in [0.3, 0.4) is 0 Å². The highest BCUT2D eigenvalue weighted by molar-refractivity contribution is 5.97. The predicted octanol–water partition coefficient (Wildman–Crippen LogP) is 4.54. The summed E-state index contributed by atoms with van der Waals surface area (Å²) in [6, 6.07) is 11.1. The molecule has 2 N–H and O–H groups in total. The van der Waals surface area contributed by atoms with Crippen molar-refractivity contribution < 1.29 is 22.7 Å². The van der Waals surface area contributed by atoms with Gasteiger partial charge in [-0.2, -0.15) is 13.2 Å². The molecule has 134 valence electrons. The zero-order chi connectivity index (χ0) is 18.4. The molecule has 1 amide bonds. The highest BCUT2D eigenvalue weighted by Crippen LogP contribution is 2.34. The monoisotopic (exact) mass is 352 g/mol. The van der Waals surface area contributed by atoms with Gasteiger partial charge < -0.3 is 15.4 Å². The van der Waals surface area contributed by atoms with Crippen LogP contribution in [0.25, 0.3) is 0 Å². The fourth-order valence-electron chi connectivity index (χ4n) is 2.25. The molecule has 1 atom stereocenters. The Morgan fingerprint density at radius 2 is 1.68 bits per heavy atom. The molecule has 7 heteroatoms. The summed E-state index contributed by atoms with van der Waals surface area (Å²) < 4.78 is 44.5.